The summed E-state index contributed by atoms with van der Waals surface area (Å²) < 4.78 is 16.4. The molecule has 0 heterocycles. The molecule has 39 heavy (non-hydrogen) atoms. The van der Waals surface area contributed by atoms with E-state index in [9.17, 15) is 19.5 Å². The molecule has 4 rings (SSSR count). The minimum absolute atomic E-state index is 0.0274. The normalized spacial score (nSPS) is 13.1. The van der Waals surface area contributed by atoms with Gasteiger partial charge in [0.1, 0.15) is 24.0 Å². The zero-order chi connectivity index (χ0) is 28.2. The Morgan fingerprint density at radius 2 is 1.54 bits per heavy atom. The Balaban J connectivity index is 1.39. The van der Waals surface area contributed by atoms with E-state index in [-0.39, 0.29) is 25.6 Å². The molecule has 0 saturated heterocycles. The van der Waals surface area contributed by atoms with Crippen molar-refractivity contribution in [1.29, 1.82) is 0 Å². The summed E-state index contributed by atoms with van der Waals surface area (Å²) in [5.74, 6) is -1.40. The second kappa shape index (κ2) is 11.6. The number of carboxylic acid groups (broad SMARTS) is 1. The molecule has 3 aromatic carbocycles. The quantitative estimate of drug-likeness (QED) is 0.375. The van der Waals surface area contributed by atoms with Crippen molar-refractivity contribution in [3.8, 4) is 16.9 Å². The number of rotatable bonds is 9. The molecule has 0 radical (unpaired) electrons. The molecule has 0 saturated carbocycles. The predicted molar refractivity (Wildman–Crippen MR) is 146 cm³/mol. The van der Waals surface area contributed by atoms with Gasteiger partial charge in [-0.3, -0.25) is 4.90 Å². The minimum atomic E-state index is -1.17. The van der Waals surface area contributed by atoms with Gasteiger partial charge in [-0.1, -0.05) is 60.7 Å². The molecule has 1 atom stereocenters. The molecule has 8 heteroatoms. The fourth-order valence-corrected chi connectivity index (χ4v) is 4.71. The standard InChI is InChI=1S/C31H33NO7/c1-31(2,3)39-28(33)19-37-21-11-9-10-20(16-21)17-27(29(34)35)32(4)30(36)38-18-26-24-14-7-5-12-22(24)23-13-6-8-15-25(23)26/h5-16,26-27H,17-19H2,1-4H3,(H,34,35)/t27-/m0/s1. The lowest BCUT2D eigenvalue weighted by molar-refractivity contribution is -0.157. The fourth-order valence-electron chi connectivity index (χ4n) is 4.71. The lowest BCUT2D eigenvalue weighted by Gasteiger charge is -2.25. The van der Waals surface area contributed by atoms with Crippen molar-refractivity contribution in [1.82, 2.24) is 4.90 Å². The Kier molecular flexibility index (Phi) is 8.24. The van der Waals surface area contributed by atoms with Crippen LogP contribution in [0, 0.1) is 0 Å². The zero-order valence-corrected chi connectivity index (χ0v) is 22.5. The van der Waals surface area contributed by atoms with Gasteiger partial charge in [-0.25, -0.2) is 14.4 Å². The molecule has 1 aliphatic carbocycles. The Hall–Kier alpha value is -4.33. The van der Waals surface area contributed by atoms with E-state index in [4.69, 9.17) is 14.2 Å². The van der Waals surface area contributed by atoms with E-state index >= 15 is 0 Å². The number of amides is 1. The number of nitrogens with zero attached hydrogens (tertiary/aromatic N) is 1. The summed E-state index contributed by atoms with van der Waals surface area (Å²) >= 11 is 0. The predicted octanol–water partition coefficient (Wildman–Crippen LogP) is 5.28. The molecule has 0 spiro atoms. The zero-order valence-electron chi connectivity index (χ0n) is 22.5. The van der Waals surface area contributed by atoms with E-state index in [1.165, 1.54) is 7.05 Å². The molecular weight excluding hydrogens is 498 g/mol. The Bertz CT molecular complexity index is 1320. The van der Waals surface area contributed by atoms with Crippen LogP contribution in [-0.4, -0.2) is 59.9 Å². The second-order valence-corrected chi connectivity index (χ2v) is 10.5. The van der Waals surface area contributed by atoms with Crippen LogP contribution < -0.4 is 4.74 Å². The number of carboxylic acids is 1. The lowest BCUT2D eigenvalue weighted by atomic mass is 9.98. The van der Waals surface area contributed by atoms with Crippen LogP contribution in [0.3, 0.4) is 0 Å². The van der Waals surface area contributed by atoms with E-state index in [1.807, 2.05) is 48.5 Å². The molecule has 0 bridgehead atoms. The first-order valence-electron chi connectivity index (χ1n) is 12.8. The van der Waals surface area contributed by atoms with E-state index in [0.29, 0.717) is 11.3 Å². The fraction of sp³-hybridized carbons (Fsp3) is 0.323. The van der Waals surface area contributed by atoms with Crippen molar-refractivity contribution in [2.45, 2.75) is 44.8 Å². The third kappa shape index (κ3) is 6.76. The summed E-state index contributed by atoms with van der Waals surface area (Å²) in [5.41, 5.74) is 4.38. The maximum absolute atomic E-state index is 13.0. The van der Waals surface area contributed by atoms with Gasteiger partial charge in [0, 0.05) is 19.4 Å². The molecule has 1 N–H and O–H groups in total. The van der Waals surface area contributed by atoms with E-state index < -0.39 is 29.7 Å². The van der Waals surface area contributed by atoms with Gasteiger partial charge in [-0.2, -0.15) is 0 Å². The number of hydrogen-bond donors (Lipinski definition) is 1. The van der Waals surface area contributed by atoms with E-state index in [0.717, 1.165) is 27.2 Å². The number of carbonyl (C=O) groups is 3. The van der Waals surface area contributed by atoms with Crippen LogP contribution in [-0.2, 0) is 25.5 Å². The average molecular weight is 532 g/mol. The summed E-state index contributed by atoms with van der Waals surface area (Å²) in [5, 5.41) is 9.91. The summed E-state index contributed by atoms with van der Waals surface area (Å²) in [6, 6.07) is 21.6. The SMILES string of the molecule is CN(C(=O)OCC1c2ccccc2-c2ccccc21)[C@@H](Cc1cccc(OCC(=O)OC(C)(C)C)c1)C(=O)O. The number of benzene rings is 3. The highest BCUT2D eigenvalue weighted by atomic mass is 16.6. The van der Waals surface area contributed by atoms with Gasteiger partial charge >= 0.3 is 18.0 Å². The van der Waals surface area contributed by atoms with Crippen LogP contribution in [0.25, 0.3) is 11.1 Å². The first-order valence-corrected chi connectivity index (χ1v) is 12.8. The van der Waals surface area contributed by atoms with Crippen LogP contribution in [0.15, 0.2) is 72.8 Å². The highest BCUT2D eigenvalue weighted by Gasteiger charge is 2.32. The molecule has 0 fully saturated rings. The van der Waals surface area contributed by atoms with Crippen LogP contribution >= 0.6 is 0 Å². The van der Waals surface area contributed by atoms with Crippen molar-refractivity contribution < 1.29 is 33.7 Å². The number of esters is 1. The molecular formula is C31H33NO7. The minimum Gasteiger partial charge on any atom is -0.482 e. The maximum atomic E-state index is 13.0. The maximum Gasteiger partial charge on any atom is 0.410 e. The third-order valence-corrected chi connectivity index (χ3v) is 6.48. The van der Waals surface area contributed by atoms with Crippen molar-refractivity contribution in [2.24, 2.45) is 0 Å². The van der Waals surface area contributed by atoms with Crippen molar-refractivity contribution in [3.63, 3.8) is 0 Å². The van der Waals surface area contributed by atoms with Crippen molar-refractivity contribution >= 4 is 18.0 Å². The number of carbonyl (C=O) groups excluding carboxylic acids is 2. The van der Waals surface area contributed by atoms with E-state index in [1.54, 1.807) is 45.0 Å². The van der Waals surface area contributed by atoms with Gasteiger partial charge in [0.2, 0.25) is 0 Å². The first kappa shape index (κ1) is 27.7. The number of likely N-dealkylation sites (N-methyl/N-ethyl adjacent to an activating group) is 1. The lowest BCUT2D eigenvalue weighted by Crippen LogP contribution is -2.44. The highest BCUT2D eigenvalue weighted by molar-refractivity contribution is 5.81. The summed E-state index contributed by atoms with van der Waals surface area (Å²) in [7, 11) is 1.42. The number of fused-ring (bicyclic) bond motifs is 3. The van der Waals surface area contributed by atoms with Crippen molar-refractivity contribution in [3.05, 3.63) is 89.5 Å². The molecule has 3 aromatic rings. The van der Waals surface area contributed by atoms with Gasteiger partial charge in [0.15, 0.2) is 6.61 Å². The summed E-state index contributed by atoms with van der Waals surface area (Å²) in [6.45, 7) is 5.13. The Morgan fingerprint density at radius 1 is 0.923 bits per heavy atom. The smallest absolute Gasteiger partial charge is 0.410 e. The van der Waals surface area contributed by atoms with Crippen LogP contribution in [0.5, 0.6) is 5.75 Å². The Morgan fingerprint density at radius 3 is 2.13 bits per heavy atom. The largest absolute Gasteiger partial charge is 0.482 e. The molecule has 0 aromatic heterocycles. The van der Waals surface area contributed by atoms with Gasteiger partial charge in [0.05, 0.1) is 0 Å². The van der Waals surface area contributed by atoms with E-state index in [2.05, 4.69) is 0 Å². The van der Waals surface area contributed by atoms with Gasteiger partial charge in [-0.15, -0.1) is 0 Å². The number of aliphatic carboxylic acids is 1. The first-order chi connectivity index (χ1) is 18.5. The van der Waals surface area contributed by atoms with Crippen LogP contribution in [0.2, 0.25) is 0 Å². The monoisotopic (exact) mass is 531 g/mol. The number of ether oxygens (including phenoxy) is 3. The van der Waals surface area contributed by atoms with Crippen LogP contribution in [0.1, 0.15) is 43.4 Å². The third-order valence-electron chi connectivity index (χ3n) is 6.48. The highest BCUT2D eigenvalue weighted by Crippen LogP contribution is 2.44. The summed E-state index contributed by atoms with van der Waals surface area (Å²) in [4.78, 5) is 38.2. The summed E-state index contributed by atoms with van der Waals surface area (Å²) in [6.07, 6.45) is -0.693. The molecule has 0 aliphatic heterocycles. The van der Waals surface area contributed by atoms with Crippen molar-refractivity contribution in [2.75, 3.05) is 20.3 Å². The molecule has 1 aliphatic rings. The van der Waals surface area contributed by atoms with Gasteiger partial charge in [-0.05, 0) is 60.7 Å². The molecule has 8 nitrogen and oxygen atoms in total. The second-order valence-electron chi connectivity index (χ2n) is 10.5. The van der Waals surface area contributed by atoms with Gasteiger partial charge < -0.3 is 19.3 Å². The van der Waals surface area contributed by atoms with Gasteiger partial charge in [0.25, 0.3) is 0 Å². The molecule has 204 valence electrons. The number of hydrogen-bond acceptors (Lipinski definition) is 6. The molecule has 0 unspecified atom stereocenters. The van der Waals surface area contributed by atoms with Crippen LogP contribution in [0.4, 0.5) is 4.79 Å². The Labute approximate surface area is 228 Å². The topological polar surface area (TPSA) is 102 Å². The average Bonchev–Trinajstić information content (AvgIpc) is 3.21. The molecule has 1 amide bonds.